The van der Waals surface area contributed by atoms with E-state index in [1.165, 1.54) is 11.3 Å². The smallest absolute Gasteiger partial charge is 0.275 e. The largest absolute Gasteiger partial charge is 0.493 e. The highest BCUT2D eigenvalue weighted by Gasteiger charge is 2.13. The first-order valence-electron chi connectivity index (χ1n) is 5.28. The van der Waals surface area contributed by atoms with Crippen LogP contribution in [0.15, 0.2) is 29.1 Å². The van der Waals surface area contributed by atoms with Gasteiger partial charge in [-0.15, -0.1) is 11.3 Å². The van der Waals surface area contributed by atoms with Gasteiger partial charge in [0.25, 0.3) is 5.91 Å². The highest BCUT2D eigenvalue weighted by Crippen LogP contribution is 2.27. The Bertz CT molecular complexity index is 552. The maximum atomic E-state index is 11.8. The van der Waals surface area contributed by atoms with Crippen LogP contribution in [-0.2, 0) is 6.42 Å². The standard InChI is InChI=1S/C12H10N2O2S/c15-12(10-6-17-7-13-10)14-9-1-2-11-8(5-9)3-4-16-11/h1-2,5-7H,3-4H2,(H,14,15). The van der Waals surface area contributed by atoms with E-state index in [0.29, 0.717) is 5.69 Å². The summed E-state index contributed by atoms with van der Waals surface area (Å²) in [6.45, 7) is 0.721. The van der Waals surface area contributed by atoms with E-state index in [1.54, 1.807) is 10.9 Å². The zero-order chi connectivity index (χ0) is 11.7. The normalized spacial score (nSPS) is 12.9. The van der Waals surface area contributed by atoms with Gasteiger partial charge < -0.3 is 10.1 Å². The van der Waals surface area contributed by atoms with Gasteiger partial charge in [0.15, 0.2) is 0 Å². The second-order valence-corrected chi connectivity index (χ2v) is 4.47. The van der Waals surface area contributed by atoms with Gasteiger partial charge in [-0.1, -0.05) is 0 Å². The summed E-state index contributed by atoms with van der Waals surface area (Å²) in [7, 11) is 0. The van der Waals surface area contributed by atoms with Crippen LogP contribution in [0.25, 0.3) is 0 Å². The molecule has 1 amide bonds. The van der Waals surface area contributed by atoms with Crippen molar-refractivity contribution in [2.75, 3.05) is 11.9 Å². The average Bonchev–Trinajstić information content (AvgIpc) is 2.99. The maximum absolute atomic E-state index is 11.8. The molecule has 0 radical (unpaired) electrons. The second kappa shape index (κ2) is 4.18. The van der Waals surface area contributed by atoms with Gasteiger partial charge >= 0.3 is 0 Å². The number of carbonyl (C=O) groups excluding carboxylic acids is 1. The molecule has 0 saturated carbocycles. The number of benzene rings is 1. The molecule has 1 aliphatic rings. The van der Waals surface area contributed by atoms with Crippen LogP contribution in [0.5, 0.6) is 5.75 Å². The lowest BCUT2D eigenvalue weighted by atomic mass is 10.1. The molecule has 4 nitrogen and oxygen atoms in total. The molecule has 0 spiro atoms. The highest BCUT2D eigenvalue weighted by atomic mass is 32.1. The van der Waals surface area contributed by atoms with E-state index in [1.807, 2.05) is 18.2 Å². The molecular formula is C12H10N2O2S. The monoisotopic (exact) mass is 246 g/mol. The summed E-state index contributed by atoms with van der Waals surface area (Å²) in [5.74, 6) is 0.738. The molecule has 86 valence electrons. The molecule has 2 aromatic rings. The number of ether oxygens (including phenoxy) is 1. The minimum atomic E-state index is -0.176. The van der Waals surface area contributed by atoms with Crippen molar-refractivity contribution < 1.29 is 9.53 Å². The molecule has 2 heterocycles. The first-order chi connectivity index (χ1) is 8.33. The van der Waals surface area contributed by atoms with Crippen LogP contribution in [0.3, 0.4) is 0 Å². The second-order valence-electron chi connectivity index (χ2n) is 3.75. The van der Waals surface area contributed by atoms with Crippen LogP contribution in [0.1, 0.15) is 16.1 Å². The van der Waals surface area contributed by atoms with E-state index < -0.39 is 0 Å². The lowest BCUT2D eigenvalue weighted by Gasteiger charge is -2.05. The van der Waals surface area contributed by atoms with Crippen LogP contribution < -0.4 is 10.1 Å². The lowest BCUT2D eigenvalue weighted by Crippen LogP contribution is -2.12. The molecular weight excluding hydrogens is 236 g/mol. The molecule has 3 rings (SSSR count). The molecule has 0 atom stereocenters. The Kier molecular flexibility index (Phi) is 2.53. The summed E-state index contributed by atoms with van der Waals surface area (Å²) >= 11 is 1.41. The number of anilines is 1. The molecule has 0 unspecified atom stereocenters. The molecule has 0 bridgehead atoms. The van der Waals surface area contributed by atoms with Gasteiger partial charge in [-0.2, -0.15) is 0 Å². The number of aromatic nitrogens is 1. The number of hydrogen-bond acceptors (Lipinski definition) is 4. The maximum Gasteiger partial charge on any atom is 0.275 e. The van der Waals surface area contributed by atoms with Crippen molar-refractivity contribution in [1.82, 2.24) is 4.98 Å². The number of rotatable bonds is 2. The molecule has 5 heteroatoms. The Hall–Kier alpha value is -1.88. The Morgan fingerprint density at radius 3 is 3.24 bits per heavy atom. The van der Waals surface area contributed by atoms with Crippen LogP contribution in [-0.4, -0.2) is 17.5 Å². The van der Waals surface area contributed by atoms with E-state index in [0.717, 1.165) is 30.0 Å². The van der Waals surface area contributed by atoms with Crippen LogP contribution in [0.2, 0.25) is 0 Å². The Morgan fingerprint density at radius 2 is 2.41 bits per heavy atom. The minimum Gasteiger partial charge on any atom is -0.493 e. The molecule has 0 saturated heterocycles. The molecule has 0 fully saturated rings. The predicted octanol–water partition coefficient (Wildman–Crippen LogP) is 2.33. The van der Waals surface area contributed by atoms with E-state index in [2.05, 4.69) is 10.3 Å². The predicted molar refractivity (Wildman–Crippen MR) is 65.7 cm³/mol. The Morgan fingerprint density at radius 1 is 1.47 bits per heavy atom. The van der Waals surface area contributed by atoms with Gasteiger partial charge in [0.2, 0.25) is 0 Å². The topological polar surface area (TPSA) is 51.2 Å². The third-order valence-corrected chi connectivity index (χ3v) is 3.20. The van der Waals surface area contributed by atoms with Crippen molar-refractivity contribution in [2.24, 2.45) is 0 Å². The quantitative estimate of drug-likeness (QED) is 0.884. The number of nitrogens with one attached hydrogen (secondary N) is 1. The fourth-order valence-electron chi connectivity index (χ4n) is 1.78. The summed E-state index contributed by atoms with van der Waals surface area (Å²) in [4.78, 5) is 15.7. The van der Waals surface area contributed by atoms with E-state index in [-0.39, 0.29) is 5.91 Å². The van der Waals surface area contributed by atoms with E-state index >= 15 is 0 Å². The molecule has 17 heavy (non-hydrogen) atoms. The number of thiazole rings is 1. The number of nitrogens with zero attached hydrogens (tertiary/aromatic N) is 1. The van der Waals surface area contributed by atoms with Gasteiger partial charge in [-0.05, 0) is 23.8 Å². The van der Waals surface area contributed by atoms with Crippen molar-refractivity contribution >= 4 is 22.9 Å². The van der Waals surface area contributed by atoms with Gasteiger partial charge in [0.1, 0.15) is 11.4 Å². The van der Waals surface area contributed by atoms with Gasteiger partial charge in [-0.25, -0.2) is 4.98 Å². The third-order valence-electron chi connectivity index (χ3n) is 2.61. The molecule has 0 aliphatic carbocycles. The molecule has 1 aliphatic heterocycles. The van der Waals surface area contributed by atoms with Crippen molar-refractivity contribution in [3.63, 3.8) is 0 Å². The zero-order valence-corrected chi connectivity index (χ0v) is 9.79. The number of hydrogen-bond donors (Lipinski definition) is 1. The summed E-state index contributed by atoms with van der Waals surface area (Å²) in [5.41, 5.74) is 4.02. The first kappa shape index (κ1) is 10.3. The molecule has 1 N–H and O–H groups in total. The Labute approximate surface area is 102 Å². The Balaban J connectivity index is 1.80. The fraction of sp³-hybridized carbons (Fsp3) is 0.167. The summed E-state index contributed by atoms with van der Waals surface area (Å²) in [6, 6.07) is 5.68. The summed E-state index contributed by atoms with van der Waals surface area (Å²) in [6.07, 6.45) is 0.899. The van der Waals surface area contributed by atoms with Crippen molar-refractivity contribution in [2.45, 2.75) is 6.42 Å². The lowest BCUT2D eigenvalue weighted by molar-refractivity contribution is 0.102. The van der Waals surface area contributed by atoms with E-state index in [4.69, 9.17) is 4.74 Å². The molecule has 1 aromatic carbocycles. The zero-order valence-electron chi connectivity index (χ0n) is 8.97. The van der Waals surface area contributed by atoms with Crippen molar-refractivity contribution in [3.8, 4) is 5.75 Å². The number of carbonyl (C=O) groups is 1. The third kappa shape index (κ3) is 2.01. The van der Waals surface area contributed by atoms with Gasteiger partial charge in [0, 0.05) is 17.5 Å². The first-order valence-corrected chi connectivity index (χ1v) is 6.22. The number of amides is 1. The van der Waals surface area contributed by atoms with Gasteiger partial charge in [-0.3, -0.25) is 4.79 Å². The van der Waals surface area contributed by atoms with Crippen LogP contribution >= 0.6 is 11.3 Å². The molecule has 1 aromatic heterocycles. The fourth-order valence-corrected chi connectivity index (χ4v) is 2.32. The summed E-state index contributed by atoms with van der Waals surface area (Å²) < 4.78 is 5.41. The van der Waals surface area contributed by atoms with Gasteiger partial charge in [0.05, 0.1) is 12.1 Å². The van der Waals surface area contributed by atoms with Crippen LogP contribution in [0.4, 0.5) is 5.69 Å². The highest BCUT2D eigenvalue weighted by molar-refractivity contribution is 7.07. The average molecular weight is 246 g/mol. The van der Waals surface area contributed by atoms with Crippen LogP contribution in [0, 0.1) is 0 Å². The number of fused-ring (bicyclic) bond motifs is 1. The van der Waals surface area contributed by atoms with Crippen molar-refractivity contribution in [3.05, 3.63) is 40.3 Å². The minimum absolute atomic E-state index is 0.176. The SMILES string of the molecule is O=C(Nc1ccc2c(c1)CCO2)c1cscn1. The van der Waals surface area contributed by atoms with E-state index in [9.17, 15) is 4.79 Å². The van der Waals surface area contributed by atoms with Crippen molar-refractivity contribution in [1.29, 1.82) is 0 Å². The summed E-state index contributed by atoms with van der Waals surface area (Å²) in [5, 5.41) is 4.55.